The van der Waals surface area contributed by atoms with Crippen LogP contribution in [0.5, 0.6) is 0 Å². The fourth-order valence-electron chi connectivity index (χ4n) is 2.80. The van der Waals surface area contributed by atoms with Gasteiger partial charge in [0.2, 0.25) is 0 Å². The molecule has 0 aromatic carbocycles. The third-order valence-electron chi connectivity index (χ3n) is 3.79. The van der Waals surface area contributed by atoms with Crippen molar-refractivity contribution in [1.82, 2.24) is 10.2 Å². The minimum Gasteiger partial charge on any atom is -0.384 e. The Balaban J connectivity index is 1.85. The predicted molar refractivity (Wildman–Crippen MR) is 76.5 cm³/mol. The fourth-order valence-corrected chi connectivity index (χ4v) is 2.80. The number of ether oxygens (including phenoxy) is 2. The molecule has 19 heavy (non-hydrogen) atoms. The average molecular weight is 269 g/mol. The quantitative estimate of drug-likeness (QED) is 0.600. The Hall–Kier alpha value is -0.810. The van der Waals surface area contributed by atoms with E-state index in [1.54, 1.807) is 7.11 Å². The van der Waals surface area contributed by atoms with Crippen molar-refractivity contribution < 1.29 is 9.47 Å². The number of nitrogens with zero attached hydrogens (tertiary/aromatic N) is 2. The minimum absolute atomic E-state index is 0.325. The van der Waals surface area contributed by atoms with Crippen LogP contribution >= 0.6 is 0 Å². The molecule has 0 aliphatic carbocycles. The molecular weight excluding hydrogens is 242 g/mol. The molecule has 0 spiro atoms. The number of hydrogen-bond acceptors (Lipinski definition) is 3. The van der Waals surface area contributed by atoms with Crippen molar-refractivity contribution in [2.45, 2.75) is 32.3 Å². The van der Waals surface area contributed by atoms with Crippen molar-refractivity contribution in [2.24, 2.45) is 10.9 Å². The third kappa shape index (κ3) is 4.35. The zero-order chi connectivity index (χ0) is 13.5. The first-order chi connectivity index (χ1) is 9.33. The Morgan fingerprint density at radius 1 is 1.47 bits per heavy atom. The predicted octanol–water partition coefficient (Wildman–Crippen LogP) is 1.10. The van der Waals surface area contributed by atoms with E-state index in [1.807, 2.05) is 0 Å². The summed E-state index contributed by atoms with van der Waals surface area (Å²) in [4.78, 5) is 7.09. The summed E-state index contributed by atoms with van der Waals surface area (Å²) < 4.78 is 10.9. The normalized spacial score (nSPS) is 28.1. The third-order valence-corrected chi connectivity index (χ3v) is 3.79. The molecule has 2 unspecified atom stereocenters. The molecule has 2 heterocycles. The van der Waals surface area contributed by atoms with Crippen molar-refractivity contribution in [1.29, 1.82) is 0 Å². The highest BCUT2D eigenvalue weighted by Gasteiger charge is 2.25. The summed E-state index contributed by atoms with van der Waals surface area (Å²) in [7, 11) is 1.78. The molecule has 0 aromatic rings. The summed E-state index contributed by atoms with van der Waals surface area (Å²) in [6, 6.07) is 0. The lowest BCUT2D eigenvalue weighted by Crippen LogP contribution is -2.40. The fraction of sp³-hybridized carbons (Fsp3) is 0.929. The topological polar surface area (TPSA) is 46.1 Å². The molecule has 1 N–H and O–H groups in total. The van der Waals surface area contributed by atoms with Crippen LogP contribution < -0.4 is 5.32 Å². The Labute approximate surface area is 116 Å². The van der Waals surface area contributed by atoms with E-state index in [0.29, 0.717) is 12.0 Å². The van der Waals surface area contributed by atoms with E-state index in [9.17, 15) is 0 Å². The Morgan fingerprint density at radius 3 is 3.05 bits per heavy atom. The van der Waals surface area contributed by atoms with E-state index in [4.69, 9.17) is 14.5 Å². The molecule has 2 atom stereocenters. The zero-order valence-electron chi connectivity index (χ0n) is 12.2. The largest absolute Gasteiger partial charge is 0.384 e. The van der Waals surface area contributed by atoms with Gasteiger partial charge in [0.05, 0.1) is 19.3 Å². The van der Waals surface area contributed by atoms with Crippen LogP contribution in [0.4, 0.5) is 0 Å². The number of likely N-dealkylation sites (tertiary alicyclic amines) is 1. The van der Waals surface area contributed by atoms with Gasteiger partial charge in [-0.1, -0.05) is 0 Å². The van der Waals surface area contributed by atoms with Gasteiger partial charge < -0.3 is 19.7 Å². The zero-order valence-corrected chi connectivity index (χ0v) is 12.2. The van der Waals surface area contributed by atoms with E-state index in [-0.39, 0.29) is 0 Å². The van der Waals surface area contributed by atoms with Crippen LogP contribution in [-0.2, 0) is 9.47 Å². The summed E-state index contributed by atoms with van der Waals surface area (Å²) in [5.74, 6) is 1.67. The molecule has 0 bridgehead atoms. The maximum absolute atomic E-state index is 5.63. The van der Waals surface area contributed by atoms with Crippen molar-refractivity contribution >= 4 is 5.96 Å². The van der Waals surface area contributed by atoms with Crippen molar-refractivity contribution in [3.8, 4) is 0 Å². The number of guanidine groups is 1. The van der Waals surface area contributed by atoms with Gasteiger partial charge in [0.1, 0.15) is 0 Å². The van der Waals surface area contributed by atoms with Gasteiger partial charge in [-0.15, -0.1) is 0 Å². The van der Waals surface area contributed by atoms with Crippen LogP contribution in [-0.4, -0.2) is 63.5 Å². The Kier molecular flexibility index (Phi) is 5.92. The number of aliphatic imine (C=N–C) groups is 1. The van der Waals surface area contributed by atoms with Crippen molar-refractivity contribution in [3.63, 3.8) is 0 Å². The monoisotopic (exact) mass is 269 g/mol. The summed E-state index contributed by atoms with van der Waals surface area (Å²) in [5, 5.41) is 3.39. The minimum atomic E-state index is 0.325. The summed E-state index contributed by atoms with van der Waals surface area (Å²) in [5.41, 5.74) is 0. The molecule has 2 aliphatic rings. The van der Waals surface area contributed by atoms with E-state index in [1.165, 1.54) is 12.8 Å². The van der Waals surface area contributed by atoms with E-state index >= 15 is 0 Å². The molecular formula is C14H27N3O2. The van der Waals surface area contributed by atoms with Gasteiger partial charge in [-0.25, -0.2) is 0 Å². The van der Waals surface area contributed by atoms with Gasteiger partial charge in [0.15, 0.2) is 5.96 Å². The highest BCUT2D eigenvalue weighted by Crippen LogP contribution is 2.17. The molecule has 5 heteroatoms. The second-order valence-electron chi connectivity index (χ2n) is 5.39. The van der Waals surface area contributed by atoms with Gasteiger partial charge in [0.25, 0.3) is 0 Å². The van der Waals surface area contributed by atoms with Gasteiger partial charge in [0, 0.05) is 39.3 Å². The van der Waals surface area contributed by atoms with Crippen LogP contribution in [0.3, 0.4) is 0 Å². The lowest BCUT2D eigenvalue weighted by atomic mass is 10.1. The van der Waals surface area contributed by atoms with Crippen LogP contribution in [0.2, 0.25) is 0 Å². The second kappa shape index (κ2) is 7.70. The highest BCUT2D eigenvalue weighted by molar-refractivity contribution is 5.80. The van der Waals surface area contributed by atoms with E-state index in [2.05, 4.69) is 17.1 Å². The molecule has 2 aliphatic heterocycles. The summed E-state index contributed by atoms with van der Waals surface area (Å²) in [6.45, 7) is 7.68. The maximum Gasteiger partial charge on any atom is 0.194 e. The van der Waals surface area contributed by atoms with Gasteiger partial charge >= 0.3 is 0 Å². The molecule has 0 aromatic heterocycles. The Morgan fingerprint density at radius 2 is 2.37 bits per heavy atom. The van der Waals surface area contributed by atoms with Gasteiger partial charge in [-0.05, 0) is 26.2 Å². The van der Waals surface area contributed by atoms with E-state index in [0.717, 1.165) is 51.8 Å². The van der Waals surface area contributed by atoms with Crippen molar-refractivity contribution in [3.05, 3.63) is 0 Å². The first kappa shape index (κ1) is 14.6. The van der Waals surface area contributed by atoms with E-state index < -0.39 is 0 Å². The number of nitrogens with one attached hydrogen (secondary N) is 1. The van der Waals surface area contributed by atoms with Crippen molar-refractivity contribution in [2.75, 3.05) is 46.5 Å². The van der Waals surface area contributed by atoms with Crippen LogP contribution in [0.1, 0.15) is 26.2 Å². The molecule has 0 amide bonds. The highest BCUT2D eigenvalue weighted by atomic mass is 16.5. The smallest absolute Gasteiger partial charge is 0.194 e. The van der Waals surface area contributed by atoms with Gasteiger partial charge in [-0.2, -0.15) is 0 Å². The molecule has 5 nitrogen and oxygen atoms in total. The molecule has 0 saturated carbocycles. The number of methoxy groups -OCH3 is 1. The first-order valence-electron chi connectivity index (χ1n) is 7.47. The number of hydrogen-bond donors (Lipinski definition) is 1. The first-order valence-corrected chi connectivity index (χ1v) is 7.47. The number of rotatable bonds is 5. The molecule has 2 saturated heterocycles. The molecule has 2 fully saturated rings. The maximum atomic E-state index is 5.63. The molecule has 2 rings (SSSR count). The molecule has 110 valence electrons. The lowest BCUT2D eigenvalue weighted by molar-refractivity contribution is 0.117. The summed E-state index contributed by atoms with van der Waals surface area (Å²) in [6.07, 6.45) is 3.84. The lowest BCUT2D eigenvalue weighted by Gasteiger charge is -2.22. The van der Waals surface area contributed by atoms with Gasteiger partial charge in [-0.3, -0.25) is 4.99 Å². The standard InChI is InChI=1S/C14H27N3O2/c1-3-15-14(16-9-13-5-4-8-19-13)17-7-6-12(10-17)11-18-2/h12-13H,3-11H2,1-2H3,(H,15,16). The average Bonchev–Trinajstić information content (AvgIpc) is 3.06. The van der Waals surface area contributed by atoms with Crippen LogP contribution in [0.25, 0.3) is 0 Å². The molecule has 0 radical (unpaired) electrons. The second-order valence-corrected chi connectivity index (χ2v) is 5.39. The van der Waals surface area contributed by atoms with Crippen LogP contribution in [0, 0.1) is 5.92 Å². The SMILES string of the molecule is CCNC(=NCC1CCCO1)N1CCC(COC)C1. The Bertz CT molecular complexity index is 290. The summed E-state index contributed by atoms with van der Waals surface area (Å²) >= 11 is 0. The van der Waals surface area contributed by atoms with Crippen LogP contribution in [0.15, 0.2) is 4.99 Å².